The summed E-state index contributed by atoms with van der Waals surface area (Å²) in [4.78, 5) is 38.0. The molecular weight excluding hydrogens is 745 g/mol. The van der Waals surface area contributed by atoms with Gasteiger partial charge in [0.25, 0.3) is 0 Å². The van der Waals surface area contributed by atoms with Crippen molar-refractivity contribution < 1.29 is 28.6 Å². The second-order valence-corrected chi connectivity index (χ2v) is 19.0. The van der Waals surface area contributed by atoms with E-state index in [4.69, 9.17) is 14.2 Å². The van der Waals surface area contributed by atoms with Crippen LogP contribution in [-0.4, -0.2) is 37.2 Å². The molecule has 0 aromatic heterocycles. The molecule has 0 spiro atoms. The quantitative estimate of drug-likeness (QED) is 0.0345. The van der Waals surface area contributed by atoms with E-state index in [1.54, 1.807) is 0 Å². The van der Waals surface area contributed by atoms with Crippen molar-refractivity contribution in [1.29, 1.82) is 0 Å². The van der Waals surface area contributed by atoms with Crippen molar-refractivity contribution >= 4 is 17.9 Å². The first kappa shape index (κ1) is 58.4. The van der Waals surface area contributed by atoms with Gasteiger partial charge in [0.05, 0.1) is 0 Å². The van der Waals surface area contributed by atoms with E-state index in [-0.39, 0.29) is 31.1 Å². The molecule has 0 aromatic carbocycles. The van der Waals surface area contributed by atoms with Crippen molar-refractivity contribution in [2.24, 2.45) is 5.92 Å². The Labute approximate surface area is 374 Å². The molecule has 0 N–H and O–H groups in total. The van der Waals surface area contributed by atoms with Gasteiger partial charge in [0.15, 0.2) is 6.10 Å². The molecule has 6 nitrogen and oxygen atoms in total. The minimum atomic E-state index is -0.761. The van der Waals surface area contributed by atoms with Crippen LogP contribution in [0.3, 0.4) is 0 Å². The molecule has 0 aliphatic rings. The second kappa shape index (κ2) is 48.4. The molecule has 0 radical (unpaired) electrons. The molecule has 0 aromatic rings. The summed E-state index contributed by atoms with van der Waals surface area (Å²) in [6.07, 6.45) is 50.9. The zero-order valence-electron chi connectivity index (χ0n) is 40.9. The Morgan fingerprint density at radius 1 is 0.317 bits per heavy atom. The zero-order valence-corrected chi connectivity index (χ0v) is 40.9. The number of rotatable bonds is 49. The van der Waals surface area contributed by atoms with Crippen LogP contribution in [0.5, 0.6) is 0 Å². The highest BCUT2D eigenvalue weighted by atomic mass is 16.6. The van der Waals surface area contributed by atoms with Crippen LogP contribution >= 0.6 is 0 Å². The minimum Gasteiger partial charge on any atom is -0.462 e. The number of carbonyl (C=O) groups is 3. The second-order valence-electron chi connectivity index (χ2n) is 19.0. The van der Waals surface area contributed by atoms with E-state index < -0.39 is 6.10 Å². The van der Waals surface area contributed by atoms with Gasteiger partial charge in [-0.05, 0) is 25.2 Å². The predicted molar refractivity (Wildman–Crippen MR) is 257 cm³/mol. The third kappa shape index (κ3) is 47.5. The smallest absolute Gasteiger partial charge is 0.306 e. The normalized spacial score (nSPS) is 11.9. The van der Waals surface area contributed by atoms with Crippen molar-refractivity contribution in [2.45, 2.75) is 310 Å². The van der Waals surface area contributed by atoms with Crippen molar-refractivity contribution in [3.05, 3.63) is 0 Å². The molecule has 356 valence electrons. The lowest BCUT2D eigenvalue weighted by atomic mass is 10.0. The molecule has 0 saturated carbocycles. The summed E-state index contributed by atoms with van der Waals surface area (Å²) >= 11 is 0. The van der Waals surface area contributed by atoms with E-state index in [1.807, 2.05) is 0 Å². The number of unbranched alkanes of at least 4 members (excludes halogenated alkanes) is 36. The van der Waals surface area contributed by atoms with Gasteiger partial charge in [-0.1, -0.05) is 265 Å². The monoisotopic (exact) mass is 849 g/mol. The summed E-state index contributed by atoms with van der Waals surface area (Å²) in [7, 11) is 0. The molecule has 0 saturated heterocycles. The van der Waals surface area contributed by atoms with Crippen LogP contribution in [0.25, 0.3) is 0 Å². The van der Waals surface area contributed by atoms with Gasteiger partial charge in [-0.2, -0.15) is 0 Å². The maximum atomic E-state index is 12.8. The van der Waals surface area contributed by atoms with Crippen molar-refractivity contribution in [2.75, 3.05) is 13.2 Å². The van der Waals surface area contributed by atoms with Gasteiger partial charge < -0.3 is 14.2 Å². The van der Waals surface area contributed by atoms with Gasteiger partial charge in [-0.3, -0.25) is 14.4 Å². The fourth-order valence-corrected chi connectivity index (χ4v) is 8.22. The number of hydrogen-bond acceptors (Lipinski definition) is 6. The zero-order chi connectivity index (χ0) is 43.8. The van der Waals surface area contributed by atoms with Crippen LogP contribution < -0.4 is 0 Å². The van der Waals surface area contributed by atoms with E-state index in [0.29, 0.717) is 19.3 Å². The molecule has 0 fully saturated rings. The lowest BCUT2D eigenvalue weighted by Crippen LogP contribution is -2.30. The molecule has 0 amide bonds. The molecule has 60 heavy (non-hydrogen) atoms. The molecule has 1 atom stereocenters. The van der Waals surface area contributed by atoms with E-state index in [9.17, 15) is 14.4 Å². The van der Waals surface area contributed by atoms with Gasteiger partial charge in [0, 0.05) is 19.3 Å². The Kier molecular flexibility index (Phi) is 47.2. The Bertz CT molecular complexity index is 903. The minimum absolute atomic E-state index is 0.0629. The first-order valence-electron chi connectivity index (χ1n) is 26.9. The Balaban J connectivity index is 4.27. The van der Waals surface area contributed by atoms with E-state index in [1.165, 1.54) is 199 Å². The molecule has 6 heteroatoms. The fraction of sp³-hybridized carbons (Fsp3) is 0.944. The number of hydrogen-bond donors (Lipinski definition) is 0. The molecule has 0 bridgehead atoms. The lowest BCUT2D eigenvalue weighted by Gasteiger charge is -2.18. The topological polar surface area (TPSA) is 78.9 Å². The van der Waals surface area contributed by atoms with Gasteiger partial charge in [0.1, 0.15) is 13.2 Å². The number of ether oxygens (including phenoxy) is 3. The van der Waals surface area contributed by atoms with Crippen LogP contribution in [0.15, 0.2) is 0 Å². The number of esters is 3. The van der Waals surface area contributed by atoms with Crippen LogP contribution in [-0.2, 0) is 28.6 Å². The van der Waals surface area contributed by atoms with Gasteiger partial charge in [-0.15, -0.1) is 0 Å². The van der Waals surface area contributed by atoms with Crippen LogP contribution in [0.2, 0.25) is 0 Å². The van der Waals surface area contributed by atoms with E-state index >= 15 is 0 Å². The van der Waals surface area contributed by atoms with Gasteiger partial charge >= 0.3 is 17.9 Å². The fourth-order valence-electron chi connectivity index (χ4n) is 8.22. The molecule has 0 aliphatic carbocycles. The highest BCUT2D eigenvalue weighted by molar-refractivity contribution is 5.71. The highest BCUT2D eigenvalue weighted by Gasteiger charge is 2.19. The number of carbonyl (C=O) groups excluding carboxylic acids is 3. The highest BCUT2D eigenvalue weighted by Crippen LogP contribution is 2.17. The van der Waals surface area contributed by atoms with Crippen LogP contribution in [0.4, 0.5) is 0 Å². The average Bonchev–Trinajstić information content (AvgIpc) is 3.23. The summed E-state index contributed by atoms with van der Waals surface area (Å²) in [5.41, 5.74) is 0. The van der Waals surface area contributed by atoms with Crippen molar-refractivity contribution in [3.8, 4) is 0 Å². The van der Waals surface area contributed by atoms with E-state index in [0.717, 1.165) is 63.7 Å². The summed E-state index contributed by atoms with van der Waals surface area (Å²) in [6.45, 7) is 9.00. The van der Waals surface area contributed by atoms with Crippen molar-refractivity contribution in [3.63, 3.8) is 0 Å². The van der Waals surface area contributed by atoms with E-state index in [2.05, 4.69) is 27.7 Å². The molecule has 0 unspecified atom stereocenters. The predicted octanol–water partition coefficient (Wildman–Crippen LogP) is 17.5. The largest absolute Gasteiger partial charge is 0.462 e. The summed E-state index contributed by atoms with van der Waals surface area (Å²) < 4.78 is 16.8. The standard InChI is InChI=1S/C54H104O6/c1-5-7-9-11-13-15-17-19-20-21-22-23-25-27-29-35-39-43-47-54(57)60-51(49-59-53(56)46-42-38-34-31-30-32-36-40-44-50(3)4)48-58-52(55)45-41-37-33-28-26-24-18-16-14-12-10-8-6-2/h50-51H,5-49H2,1-4H3/t51-/m1/s1. The maximum Gasteiger partial charge on any atom is 0.306 e. The first-order chi connectivity index (χ1) is 29.4. The Morgan fingerprint density at radius 3 is 0.817 bits per heavy atom. The SMILES string of the molecule is CCCCCCCCCCCCCCCCCCCCC(=O)O[C@H](COC(=O)CCCCCCCCCCCCCCC)COC(=O)CCCCCCCCCCC(C)C. The summed E-state index contributed by atoms with van der Waals surface area (Å²) in [5.74, 6) is -0.0473. The summed E-state index contributed by atoms with van der Waals surface area (Å²) in [6, 6.07) is 0. The maximum absolute atomic E-state index is 12.8. The Morgan fingerprint density at radius 2 is 0.550 bits per heavy atom. The molecular formula is C54H104O6. The van der Waals surface area contributed by atoms with Crippen molar-refractivity contribution in [1.82, 2.24) is 0 Å². The molecule has 0 heterocycles. The third-order valence-electron chi connectivity index (χ3n) is 12.3. The lowest BCUT2D eigenvalue weighted by molar-refractivity contribution is -0.167. The average molecular weight is 849 g/mol. The van der Waals surface area contributed by atoms with Crippen LogP contribution in [0, 0.1) is 5.92 Å². The van der Waals surface area contributed by atoms with Gasteiger partial charge in [-0.25, -0.2) is 0 Å². The Hall–Kier alpha value is -1.59. The molecule has 0 aliphatic heterocycles. The molecule has 0 rings (SSSR count). The first-order valence-corrected chi connectivity index (χ1v) is 26.9. The summed E-state index contributed by atoms with van der Waals surface area (Å²) in [5, 5.41) is 0. The van der Waals surface area contributed by atoms with Crippen LogP contribution in [0.1, 0.15) is 304 Å². The third-order valence-corrected chi connectivity index (χ3v) is 12.3. The van der Waals surface area contributed by atoms with Gasteiger partial charge in [0.2, 0.25) is 0 Å².